The maximum Gasteiger partial charge on any atom is 0.184 e. The molecule has 4 heteroatoms. The van der Waals surface area contributed by atoms with E-state index in [1.54, 1.807) is 18.4 Å². The van der Waals surface area contributed by atoms with Crippen molar-refractivity contribution in [1.29, 1.82) is 0 Å². The molecule has 0 N–H and O–H groups in total. The summed E-state index contributed by atoms with van der Waals surface area (Å²) in [6, 6.07) is 6.16. The van der Waals surface area contributed by atoms with Gasteiger partial charge in [0.2, 0.25) is 0 Å². The Balaban J connectivity index is 2.21. The highest BCUT2D eigenvalue weighted by Gasteiger charge is 2.20. The van der Waals surface area contributed by atoms with E-state index in [-0.39, 0.29) is 0 Å². The molecular weight excluding hydrogens is 242 g/mol. The molecule has 0 spiro atoms. The van der Waals surface area contributed by atoms with Crippen LogP contribution in [0.25, 0.3) is 11.3 Å². The third kappa shape index (κ3) is 1.51. The second-order valence-electron chi connectivity index (χ2n) is 3.76. The van der Waals surface area contributed by atoms with E-state index in [2.05, 4.69) is 11.1 Å². The van der Waals surface area contributed by atoms with Crippen molar-refractivity contribution in [2.75, 3.05) is 7.11 Å². The lowest BCUT2D eigenvalue weighted by atomic mass is 9.93. The monoisotopic (exact) mass is 251 g/mol. The number of aryl methyl sites for hydroxylation is 2. The molecule has 1 heterocycles. The van der Waals surface area contributed by atoms with E-state index in [4.69, 9.17) is 16.3 Å². The van der Waals surface area contributed by atoms with Gasteiger partial charge in [-0.3, -0.25) is 0 Å². The van der Waals surface area contributed by atoms with Crippen molar-refractivity contribution < 1.29 is 4.74 Å². The van der Waals surface area contributed by atoms with Gasteiger partial charge in [-0.05, 0) is 30.5 Å². The number of thiazole rings is 1. The van der Waals surface area contributed by atoms with Gasteiger partial charge in [0.1, 0.15) is 5.75 Å². The molecule has 2 nitrogen and oxygen atoms in total. The van der Waals surface area contributed by atoms with Gasteiger partial charge in [0.25, 0.3) is 0 Å². The van der Waals surface area contributed by atoms with Crippen LogP contribution in [0.2, 0.25) is 4.47 Å². The molecule has 16 heavy (non-hydrogen) atoms. The normalized spacial score (nSPS) is 13.1. The summed E-state index contributed by atoms with van der Waals surface area (Å²) in [7, 11) is 1.68. The van der Waals surface area contributed by atoms with E-state index in [1.165, 1.54) is 16.0 Å². The molecule has 0 amide bonds. The number of nitrogens with zero attached hydrogens (tertiary/aromatic N) is 1. The number of benzene rings is 1. The molecule has 3 rings (SSSR count). The second kappa shape index (κ2) is 3.75. The molecule has 0 radical (unpaired) electrons. The molecule has 0 unspecified atom stereocenters. The summed E-state index contributed by atoms with van der Waals surface area (Å²) in [5.74, 6) is 0.871. The van der Waals surface area contributed by atoms with Gasteiger partial charge < -0.3 is 4.74 Å². The molecule has 82 valence electrons. The van der Waals surface area contributed by atoms with Gasteiger partial charge in [0.05, 0.1) is 12.8 Å². The van der Waals surface area contributed by atoms with E-state index in [0.717, 1.165) is 24.3 Å². The van der Waals surface area contributed by atoms with Gasteiger partial charge in [-0.2, -0.15) is 0 Å². The van der Waals surface area contributed by atoms with E-state index in [9.17, 15) is 0 Å². The molecule has 0 atom stereocenters. The summed E-state index contributed by atoms with van der Waals surface area (Å²) in [6.45, 7) is 0. The number of hydrogen-bond acceptors (Lipinski definition) is 3. The minimum absolute atomic E-state index is 0.626. The molecule has 0 saturated heterocycles. The molecule has 0 aliphatic heterocycles. The second-order valence-corrected chi connectivity index (χ2v) is 5.43. The average molecular weight is 252 g/mol. The SMILES string of the molecule is COc1ccc2c(c1)-c1nc(Cl)sc1CC2. The van der Waals surface area contributed by atoms with E-state index in [1.807, 2.05) is 12.1 Å². The Labute approximate surface area is 103 Å². The molecule has 0 bridgehead atoms. The van der Waals surface area contributed by atoms with Crippen molar-refractivity contribution in [2.45, 2.75) is 12.8 Å². The minimum atomic E-state index is 0.626. The molecule has 0 fully saturated rings. The van der Waals surface area contributed by atoms with Crippen LogP contribution in [0.4, 0.5) is 0 Å². The van der Waals surface area contributed by atoms with Crippen LogP contribution in [0, 0.1) is 0 Å². The van der Waals surface area contributed by atoms with Gasteiger partial charge in [-0.1, -0.05) is 17.7 Å². The first-order valence-corrected chi connectivity index (χ1v) is 6.30. The van der Waals surface area contributed by atoms with E-state index in [0.29, 0.717) is 4.47 Å². The summed E-state index contributed by atoms with van der Waals surface area (Å²) >= 11 is 7.55. The molecule has 1 aliphatic carbocycles. The number of ether oxygens (including phenoxy) is 1. The lowest BCUT2D eigenvalue weighted by Crippen LogP contribution is -2.02. The van der Waals surface area contributed by atoms with Crippen molar-refractivity contribution in [3.8, 4) is 17.0 Å². The third-order valence-electron chi connectivity index (χ3n) is 2.86. The topological polar surface area (TPSA) is 22.1 Å². The van der Waals surface area contributed by atoms with Crippen LogP contribution in [0.5, 0.6) is 5.75 Å². The van der Waals surface area contributed by atoms with Crippen molar-refractivity contribution in [1.82, 2.24) is 4.98 Å². The Kier molecular flexibility index (Phi) is 2.37. The zero-order chi connectivity index (χ0) is 11.1. The summed E-state index contributed by atoms with van der Waals surface area (Å²) in [4.78, 5) is 5.68. The number of methoxy groups -OCH3 is 1. The molecule has 0 saturated carbocycles. The highest BCUT2D eigenvalue weighted by Crippen LogP contribution is 2.39. The van der Waals surface area contributed by atoms with Crippen LogP contribution in [-0.4, -0.2) is 12.1 Å². The number of halogens is 1. The molecule has 2 aromatic rings. The Morgan fingerprint density at radius 2 is 2.25 bits per heavy atom. The number of aromatic nitrogens is 1. The summed E-state index contributed by atoms with van der Waals surface area (Å²) in [6.07, 6.45) is 2.10. The predicted molar refractivity (Wildman–Crippen MR) is 66.5 cm³/mol. The van der Waals surface area contributed by atoms with E-state index < -0.39 is 0 Å². The third-order valence-corrected chi connectivity index (χ3v) is 4.08. The summed E-state index contributed by atoms with van der Waals surface area (Å²) < 4.78 is 5.87. The molecule has 1 aromatic carbocycles. The molecule has 1 aromatic heterocycles. The van der Waals surface area contributed by atoms with Crippen LogP contribution in [0.1, 0.15) is 10.4 Å². The number of hydrogen-bond donors (Lipinski definition) is 0. The molecular formula is C12H10ClNOS. The van der Waals surface area contributed by atoms with Crippen molar-refractivity contribution >= 4 is 22.9 Å². The zero-order valence-corrected chi connectivity index (χ0v) is 10.4. The Bertz CT molecular complexity index is 550. The van der Waals surface area contributed by atoms with Crippen molar-refractivity contribution in [3.63, 3.8) is 0 Å². The number of fused-ring (bicyclic) bond motifs is 3. The fraction of sp³-hybridized carbons (Fsp3) is 0.250. The van der Waals surface area contributed by atoms with Crippen LogP contribution >= 0.6 is 22.9 Å². The standard InChI is InChI=1S/C12H10ClNOS/c1-15-8-4-2-7-3-5-10-11(9(7)6-8)14-12(13)16-10/h2,4,6H,3,5H2,1H3. The number of rotatable bonds is 1. The molecule has 1 aliphatic rings. The summed E-state index contributed by atoms with van der Waals surface area (Å²) in [5, 5.41) is 0. The minimum Gasteiger partial charge on any atom is -0.497 e. The van der Waals surface area contributed by atoms with Crippen LogP contribution < -0.4 is 4.74 Å². The lowest BCUT2D eigenvalue weighted by molar-refractivity contribution is 0.415. The van der Waals surface area contributed by atoms with E-state index >= 15 is 0 Å². The van der Waals surface area contributed by atoms with Crippen molar-refractivity contribution in [3.05, 3.63) is 33.1 Å². The lowest BCUT2D eigenvalue weighted by Gasteiger charge is -2.15. The van der Waals surface area contributed by atoms with Gasteiger partial charge in [-0.15, -0.1) is 11.3 Å². The van der Waals surface area contributed by atoms with Gasteiger partial charge in [0, 0.05) is 10.4 Å². The fourth-order valence-electron chi connectivity index (χ4n) is 2.07. The first-order chi connectivity index (χ1) is 7.78. The largest absolute Gasteiger partial charge is 0.497 e. The zero-order valence-electron chi connectivity index (χ0n) is 8.79. The first-order valence-electron chi connectivity index (χ1n) is 5.10. The van der Waals surface area contributed by atoms with Crippen LogP contribution in [0.3, 0.4) is 0 Å². The Hall–Kier alpha value is -1.06. The highest BCUT2D eigenvalue weighted by molar-refractivity contribution is 7.16. The van der Waals surface area contributed by atoms with Gasteiger partial charge in [-0.25, -0.2) is 4.98 Å². The summed E-state index contributed by atoms with van der Waals surface area (Å²) in [5.41, 5.74) is 3.54. The van der Waals surface area contributed by atoms with Crippen LogP contribution in [0.15, 0.2) is 18.2 Å². The van der Waals surface area contributed by atoms with Gasteiger partial charge in [0.15, 0.2) is 4.47 Å². The quantitative estimate of drug-likeness (QED) is 0.773. The maximum atomic E-state index is 5.97. The Morgan fingerprint density at radius 3 is 3.06 bits per heavy atom. The average Bonchev–Trinajstić information content (AvgIpc) is 2.69. The van der Waals surface area contributed by atoms with Crippen LogP contribution in [-0.2, 0) is 12.8 Å². The smallest absolute Gasteiger partial charge is 0.184 e. The first kappa shape index (κ1) is 10.1. The Morgan fingerprint density at radius 1 is 1.38 bits per heavy atom. The predicted octanol–water partition coefficient (Wildman–Crippen LogP) is 3.57. The van der Waals surface area contributed by atoms with Crippen molar-refractivity contribution in [2.24, 2.45) is 0 Å². The van der Waals surface area contributed by atoms with Gasteiger partial charge >= 0.3 is 0 Å². The highest BCUT2D eigenvalue weighted by atomic mass is 35.5. The maximum absolute atomic E-state index is 5.97. The fourth-order valence-corrected chi connectivity index (χ4v) is 3.23.